The molecular weight excluding hydrogens is 317 g/mol. The van der Waals surface area contributed by atoms with Gasteiger partial charge in [0.05, 0.1) is 0 Å². The van der Waals surface area contributed by atoms with E-state index in [4.69, 9.17) is 9.97 Å². The molecule has 3 fully saturated rings. The Kier molecular flexibility index (Phi) is 4.77. The van der Waals surface area contributed by atoms with Gasteiger partial charge in [-0.15, -0.1) is 0 Å². The Labute approximate surface area is 147 Å². The van der Waals surface area contributed by atoms with Gasteiger partial charge in [-0.2, -0.15) is 0 Å². The normalized spacial score (nSPS) is 29.6. The molecule has 0 aliphatic carbocycles. The van der Waals surface area contributed by atoms with E-state index in [1.807, 2.05) is 0 Å². The number of rotatable bonds is 3. The highest BCUT2D eigenvalue weighted by molar-refractivity contribution is 7.59. The summed E-state index contributed by atoms with van der Waals surface area (Å²) in [6.07, 6.45) is 10.6. The van der Waals surface area contributed by atoms with E-state index in [-0.39, 0.29) is 8.07 Å². The molecule has 4 rings (SSSR count). The monoisotopic (exact) mass is 347 g/mol. The maximum Gasteiger partial charge on any atom is 0.228 e. The van der Waals surface area contributed by atoms with E-state index in [1.54, 1.807) is 0 Å². The predicted octanol–water partition coefficient (Wildman–Crippen LogP) is 2.94. The molecule has 4 heterocycles. The Morgan fingerprint density at radius 3 is 2.46 bits per heavy atom. The second-order valence-electron chi connectivity index (χ2n) is 7.92. The van der Waals surface area contributed by atoms with Crippen LogP contribution in [0.4, 0.5) is 5.95 Å². The molecule has 132 valence electrons. The van der Waals surface area contributed by atoms with Gasteiger partial charge in [0.2, 0.25) is 5.95 Å². The average Bonchev–Trinajstić information content (AvgIpc) is 2.85. The third kappa shape index (κ3) is 3.18. The van der Waals surface area contributed by atoms with Crippen LogP contribution in [0, 0.1) is 0 Å². The minimum absolute atomic E-state index is 0.109. The van der Waals surface area contributed by atoms with E-state index >= 15 is 0 Å². The van der Waals surface area contributed by atoms with Crippen LogP contribution in [0.25, 0.3) is 0 Å². The molecule has 1 aromatic heterocycles. The topological polar surface area (TPSA) is 35.5 Å². The maximum atomic E-state index is 4.81. The van der Waals surface area contributed by atoms with Gasteiger partial charge < -0.3 is 9.57 Å². The molecule has 24 heavy (non-hydrogen) atoms. The molecule has 0 spiro atoms. The molecule has 0 amide bonds. The quantitative estimate of drug-likeness (QED) is 0.786. The van der Waals surface area contributed by atoms with Gasteiger partial charge in [0.25, 0.3) is 0 Å². The first-order valence-electron chi connectivity index (χ1n) is 9.40. The molecule has 2 atom stereocenters. The first kappa shape index (κ1) is 16.7. The van der Waals surface area contributed by atoms with E-state index in [1.165, 1.54) is 56.9 Å². The van der Waals surface area contributed by atoms with Crippen LogP contribution in [0.1, 0.15) is 44.6 Å². The van der Waals surface area contributed by atoms with Crippen LogP contribution in [0.3, 0.4) is 0 Å². The molecule has 3 aliphatic rings. The number of nitrogens with zero attached hydrogens (tertiary/aromatic N) is 5. The summed E-state index contributed by atoms with van der Waals surface area (Å²) < 4.78 is 2.58. The second-order valence-corrected chi connectivity index (χ2v) is 10.1. The summed E-state index contributed by atoms with van der Waals surface area (Å²) in [5.41, 5.74) is 1.34. The van der Waals surface area contributed by atoms with Gasteiger partial charge in [0.1, 0.15) is 0 Å². The van der Waals surface area contributed by atoms with Crippen molar-refractivity contribution in [2.45, 2.75) is 51.1 Å². The molecule has 1 aromatic rings. The zero-order valence-corrected chi connectivity index (χ0v) is 16.1. The number of hydrogen-bond donors (Lipinski definition) is 0. The predicted molar refractivity (Wildman–Crippen MR) is 101 cm³/mol. The van der Waals surface area contributed by atoms with Gasteiger partial charge in [-0.25, -0.2) is 9.97 Å². The fourth-order valence-electron chi connectivity index (χ4n) is 4.27. The molecule has 0 N–H and O–H groups in total. The SMILES string of the molecule is CC(C)N1CC2CCP(C1)N2c1ncc(C2CCN(C)CC2)cn1. The molecular formula is C18H30N5P. The van der Waals surface area contributed by atoms with Gasteiger partial charge in [-0.05, 0) is 70.9 Å². The van der Waals surface area contributed by atoms with E-state index < -0.39 is 0 Å². The highest BCUT2D eigenvalue weighted by Gasteiger charge is 2.41. The zero-order valence-electron chi connectivity index (χ0n) is 15.2. The number of hydrogen-bond acceptors (Lipinski definition) is 5. The number of aromatic nitrogens is 2. The Morgan fingerprint density at radius 1 is 1.12 bits per heavy atom. The van der Waals surface area contributed by atoms with Gasteiger partial charge in [0.15, 0.2) is 0 Å². The summed E-state index contributed by atoms with van der Waals surface area (Å²) in [4.78, 5) is 14.7. The summed E-state index contributed by atoms with van der Waals surface area (Å²) in [7, 11) is 2.10. The summed E-state index contributed by atoms with van der Waals surface area (Å²) >= 11 is 0. The first-order valence-corrected chi connectivity index (χ1v) is 11.1. The van der Waals surface area contributed by atoms with Gasteiger partial charge in [0, 0.05) is 45.4 Å². The van der Waals surface area contributed by atoms with Gasteiger partial charge in [-0.1, -0.05) is 0 Å². The molecule has 5 nitrogen and oxygen atoms in total. The molecule has 3 aliphatic heterocycles. The number of piperidine rings is 1. The number of likely N-dealkylation sites (tertiary alicyclic amines) is 1. The zero-order chi connectivity index (χ0) is 16.7. The summed E-state index contributed by atoms with van der Waals surface area (Å²) in [6, 6.07) is 1.28. The molecule has 2 bridgehead atoms. The van der Waals surface area contributed by atoms with E-state index in [9.17, 15) is 0 Å². The Balaban J connectivity index is 1.46. The van der Waals surface area contributed by atoms with Crippen molar-refractivity contribution in [3.63, 3.8) is 0 Å². The lowest BCUT2D eigenvalue weighted by Gasteiger charge is -2.42. The van der Waals surface area contributed by atoms with E-state index in [0.717, 1.165) is 5.95 Å². The second kappa shape index (κ2) is 6.86. The van der Waals surface area contributed by atoms with Gasteiger partial charge >= 0.3 is 0 Å². The Bertz CT molecular complexity index is 541. The minimum Gasteiger partial charge on any atom is -0.314 e. The largest absolute Gasteiger partial charge is 0.314 e. The lowest BCUT2D eigenvalue weighted by molar-refractivity contribution is 0.239. The van der Waals surface area contributed by atoms with Crippen LogP contribution in [0.15, 0.2) is 12.4 Å². The Hall–Kier alpha value is -0.770. The van der Waals surface area contributed by atoms with Crippen molar-refractivity contribution in [2.24, 2.45) is 0 Å². The molecule has 0 aromatic carbocycles. The van der Waals surface area contributed by atoms with E-state index in [0.29, 0.717) is 18.0 Å². The number of fused-ring (bicyclic) bond motifs is 2. The minimum atomic E-state index is -0.109. The van der Waals surface area contributed by atoms with Crippen LogP contribution in [-0.4, -0.2) is 71.0 Å². The van der Waals surface area contributed by atoms with Crippen LogP contribution in [-0.2, 0) is 0 Å². The molecule has 2 unspecified atom stereocenters. The lowest BCUT2D eigenvalue weighted by atomic mass is 9.92. The van der Waals surface area contributed by atoms with Gasteiger partial charge in [-0.3, -0.25) is 4.90 Å². The summed E-state index contributed by atoms with van der Waals surface area (Å²) in [6.45, 7) is 8.20. The van der Waals surface area contributed by atoms with Crippen molar-refractivity contribution < 1.29 is 0 Å². The summed E-state index contributed by atoms with van der Waals surface area (Å²) in [5, 5.41) is 0. The first-order chi connectivity index (χ1) is 11.6. The van der Waals surface area contributed by atoms with Crippen molar-refractivity contribution in [3.8, 4) is 0 Å². The lowest BCUT2D eigenvalue weighted by Crippen LogP contribution is -2.47. The number of anilines is 1. The molecule has 0 radical (unpaired) electrons. The van der Waals surface area contributed by atoms with Crippen LogP contribution < -0.4 is 4.67 Å². The molecule has 3 saturated heterocycles. The van der Waals surface area contributed by atoms with Crippen molar-refractivity contribution in [2.75, 3.05) is 43.8 Å². The van der Waals surface area contributed by atoms with Crippen LogP contribution in [0.2, 0.25) is 0 Å². The van der Waals surface area contributed by atoms with E-state index in [2.05, 4.69) is 47.8 Å². The highest BCUT2D eigenvalue weighted by Crippen LogP contribution is 2.54. The highest BCUT2D eigenvalue weighted by atomic mass is 31.1. The molecule has 0 saturated carbocycles. The third-order valence-corrected chi connectivity index (χ3v) is 8.52. The van der Waals surface area contributed by atoms with Crippen LogP contribution in [0.5, 0.6) is 0 Å². The van der Waals surface area contributed by atoms with Crippen molar-refractivity contribution in [1.82, 2.24) is 19.8 Å². The van der Waals surface area contributed by atoms with Crippen molar-refractivity contribution in [3.05, 3.63) is 18.0 Å². The van der Waals surface area contributed by atoms with Crippen molar-refractivity contribution >= 4 is 14.0 Å². The standard InChI is InChI=1S/C18H30N5P/c1-14(2)22-12-17-6-9-24(13-22)23(17)18-19-10-16(11-20-18)15-4-7-21(3)8-5-15/h10-11,14-15,17H,4-9,12-13H2,1-3H3. The Morgan fingerprint density at radius 2 is 1.83 bits per heavy atom. The third-order valence-electron chi connectivity index (χ3n) is 5.94. The fourth-order valence-corrected chi connectivity index (χ4v) is 7.23. The fraction of sp³-hybridized carbons (Fsp3) is 0.778. The van der Waals surface area contributed by atoms with Crippen molar-refractivity contribution in [1.29, 1.82) is 0 Å². The summed E-state index contributed by atoms with van der Waals surface area (Å²) in [5.74, 6) is 1.64. The smallest absolute Gasteiger partial charge is 0.228 e. The van der Waals surface area contributed by atoms with Crippen LogP contribution >= 0.6 is 8.07 Å². The molecule has 6 heteroatoms. The average molecular weight is 347 g/mol. The maximum absolute atomic E-state index is 4.81.